The van der Waals surface area contributed by atoms with Gasteiger partial charge in [0.2, 0.25) is 0 Å². The van der Waals surface area contributed by atoms with E-state index in [4.69, 9.17) is 4.74 Å². The van der Waals surface area contributed by atoms with Crippen LogP contribution in [0.5, 0.6) is 0 Å². The van der Waals surface area contributed by atoms with Crippen molar-refractivity contribution in [2.75, 3.05) is 20.2 Å². The molecule has 5 aliphatic rings. The third-order valence-corrected chi connectivity index (χ3v) is 12.8. The number of benzene rings is 1. The highest BCUT2D eigenvalue weighted by molar-refractivity contribution is 5.89. The summed E-state index contributed by atoms with van der Waals surface area (Å²) in [7, 11) is 1.45. The fraction of sp³-hybridized carbons (Fsp3) is 0.743. The molecule has 38 heavy (non-hydrogen) atoms. The molecule has 1 aromatic carbocycles. The number of esters is 1. The van der Waals surface area contributed by atoms with Crippen molar-refractivity contribution >= 4 is 11.5 Å². The van der Waals surface area contributed by atoms with Crippen LogP contribution in [0.3, 0.4) is 0 Å². The molecular weight excluding hydrogens is 466 g/mol. The summed E-state index contributed by atoms with van der Waals surface area (Å²) in [6, 6.07) is 8.14. The van der Waals surface area contributed by atoms with Gasteiger partial charge in [0.25, 0.3) is 0 Å². The lowest BCUT2D eigenvalue weighted by atomic mass is 9.46. The Hall–Kier alpha value is -1.61. The molecule has 1 aromatic rings. The maximum absolute atomic E-state index is 12.0. The number of methoxy groups -OCH3 is 1. The van der Waals surface area contributed by atoms with E-state index >= 15 is 0 Å². The summed E-state index contributed by atoms with van der Waals surface area (Å²) in [4.78, 5) is 14.8. The Balaban J connectivity index is 1.24. The molecule has 1 heterocycles. The van der Waals surface area contributed by atoms with Crippen LogP contribution in [0.25, 0.3) is 5.57 Å². The van der Waals surface area contributed by atoms with Gasteiger partial charge in [0.05, 0.1) is 12.7 Å². The predicted molar refractivity (Wildman–Crippen MR) is 156 cm³/mol. The maximum Gasteiger partial charge on any atom is 0.337 e. The van der Waals surface area contributed by atoms with Gasteiger partial charge in [-0.3, -0.25) is 4.90 Å². The first-order valence-electron chi connectivity index (χ1n) is 15.9. The molecule has 3 saturated carbocycles. The van der Waals surface area contributed by atoms with E-state index in [1.807, 2.05) is 12.1 Å². The average Bonchev–Trinajstić information content (AvgIpc) is 3.69. The Bertz CT molecular complexity index is 1070. The number of carbonyl (C=O) groups excluding carboxylic acids is 1. The maximum atomic E-state index is 12.0. The minimum Gasteiger partial charge on any atom is -0.465 e. The van der Waals surface area contributed by atoms with Crippen molar-refractivity contribution in [3.63, 3.8) is 0 Å². The van der Waals surface area contributed by atoms with Gasteiger partial charge in [-0.15, -0.1) is 0 Å². The molecule has 1 saturated heterocycles. The fourth-order valence-corrected chi connectivity index (χ4v) is 10.7. The van der Waals surface area contributed by atoms with Crippen LogP contribution in [0.15, 0.2) is 30.3 Å². The predicted octanol–water partition coefficient (Wildman–Crippen LogP) is 8.39. The molecule has 1 aliphatic heterocycles. The van der Waals surface area contributed by atoms with Crippen molar-refractivity contribution < 1.29 is 9.53 Å². The van der Waals surface area contributed by atoms with E-state index in [1.54, 1.807) is 0 Å². The quantitative estimate of drug-likeness (QED) is 0.280. The van der Waals surface area contributed by atoms with E-state index in [2.05, 4.69) is 50.8 Å². The van der Waals surface area contributed by atoms with E-state index in [0.29, 0.717) is 33.8 Å². The number of hydrogen-bond acceptors (Lipinski definition) is 3. The molecule has 4 aliphatic carbocycles. The van der Waals surface area contributed by atoms with Gasteiger partial charge >= 0.3 is 5.97 Å². The zero-order chi connectivity index (χ0) is 26.7. The van der Waals surface area contributed by atoms with Crippen LogP contribution < -0.4 is 0 Å². The second-order valence-corrected chi connectivity index (χ2v) is 14.5. The first-order chi connectivity index (χ1) is 18.3. The summed E-state index contributed by atoms with van der Waals surface area (Å²) < 4.78 is 4.92. The Morgan fingerprint density at radius 3 is 2.47 bits per heavy atom. The van der Waals surface area contributed by atoms with Crippen LogP contribution in [-0.2, 0) is 4.74 Å². The smallest absolute Gasteiger partial charge is 0.337 e. The largest absolute Gasteiger partial charge is 0.465 e. The molecular formula is C35H51NO2. The summed E-state index contributed by atoms with van der Waals surface area (Å²) in [6.45, 7) is 13.0. The monoisotopic (exact) mass is 517 g/mol. The molecule has 6 rings (SSSR count). The van der Waals surface area contributed by atoms with Crippen molar-refractivity contribution in [1.29, 1.82) is 0 Å². The van der Waals surface area contributed by atoms with Gasteiger partial charge < -0.3 is 4.74 Å². The Morgan fingerprint density at radius 1 is 1.03 bits per heavy atom. The van der Waals surface area contributed by atoms with Crippen molar-refractivity contribution in [3.05, 3.63) is 41.5 Å². The molecule has 208 valence electrons. The van der Waals surface area contributed by atoms with E-state index < -0.39 is 0 Å². The lowest BCUT2D eigenvalue weighted by Gasteiger charge is -2.61. The third-order valence-electron chi connectivity index (χ3n) is 12.8. The van der Waals surface area contributed by atoms with Crippen molar-refractivity contribution in [2.24, 2.45) is 40.4 Å². The van der Waals surface area contributed by atoms with Crippen molar-refractivity contribution in [1.82, 2.24) is 4.90 Å². The summed E-state index contributed by atoms with van der Waals surface area (Å²) >= 11 is 0. The molecule has 8 atom stereocenters. The van der Waals surface area contributed by atoms with Crippen LogP contribution in [-0.4, -0.2) is 36.6 Å². The SMILES string of the molecule is CCCC1C(C)C(c2ccc(C(=O)OC)cc2)=CCC1(C)C1CCC2C3CCCC3(N3CC3)CC[C@@]2(C)C1. The van der Waals surface area contributed by atoms with Gasteiger partial charge in [-0.25, -0.2) is 4.79 Å². The molecule has 7 unspecified atom stereocenters. The fourth-order valence-electron chi connectivity index (χ4n) is 10.7. The average molecular weight is 518 g/mol. The van der Waals surface area contributed by atoms with Gasteiger partial charge in [-0.2, -0.15) is 0 Å². The normalized spacial score (nSPS) is 42.7. The zero-order valence-electron chi connectivity index (χ0n) is 24.7. The first-order valence-corrected chi connectivity index (χ1v) is 15.9. The lowest BCUT2D eigenvalue weighted by Crippen LogP contribution is -2.56. The summed E-state index contributed by atoms with van der Waals surface area (Å²) in [5, 5.41) is 0. The van der Waals surface area contributed by atoms with Gasteiger partial charge in [0.15, 0.2) is 0 Å². The van der Waals surface area contributed by atoms with Crippen LogP contribution in [0.2, 0.25) is 0 Å². The molecule has 3 heteroatoms. The molecule has 0 aromatic heterocycles. The number of carbonyl (C=O) groups is 1. The molecule has 0 amide bonds. The Labute approximate surface area is 231 Å². The highest BCUT2D eigenvalue weighted by Gasteiger charge is 2.62. The number of allylic oxidation sites excluding steroid dienone is 2. The lowest BCUT2D eigenvalue weighted by molar-refractivity contribution is -0.0969. The third kappa shape index (κ3) is 4.13. The number of nitrogens with zero attached hydrogens (tertiary/aromatic N) is 1. The number of rotatable bonds is 6. The number of hydrogen-bond donors (Lipinski definition) is 0. The standard InChI is InChI=1S/C35H51NO2/c1-6-8-29-24(2)28(25-10-12-26(13-11-25)32(37)38-5)16-18-34(29,4)27-14-15-30-31-9-7-17-35(31,36-21-22-36)20-19-33(30,3)23-27/h10-13,16,24,27,29-31H,6-9,14-15,17-23H2,1-5H3/t24?,27?,29?,30?,31?,33-,34?,35?/m0/s1. The number of fused-ring (bicyclic) bond motifs is 3. The van der Waals surface area contributed by atoms with E-state index in [-0.39, 0.29) is 5.97 Å². The van der Waals surface area contributed by atoms with Crippen LogP contribution in [0.4, 0.5) is 0 Å². The van der Waals surface area contributed by atoms with E-state index in [9.17, 15) is 4.79 Å². The topological polar surface area (TPSA) is 29.3 Å². The summed E-state index contributed by atoms with van der Waals surface area (Å²) in [5.41, 5.74) is 4.91. The summed E-state index contributed by atoms with van der Waals surface area (Å²) in [5.74, 6) is 3.74. The van der Waals surface area contributed by atoms with Gasteiger partial charge in [0, 0.05) is 18.6 Å². The van der Waals surface area contributed by atoms with Crippen LogP contribution >= 0.6 is 0 Å². The van der Waals surface area contributed by atoms with Gasteiger partial charge in [-0.05, 0) is 121 Å². The second-order valence-electron chi connectivity index (χ2n) is 14.5. The van der Waals surface area contributed by atoms with Crippen molar-refractivity contribution in [3.8, 4) is 0 Å². The second kappa shape index (κ2) is 9.79. The van der Waals surface area contributed by atoms with Crippen molar-refractivity contribution in [2.45, 2.75) is 104 Å². The Morgan fingerprint density at radius 2 is 1.79 bits per heavy atom. The summed E-state index contributed by atoms with van der Waals surface area (Å²) in [6.07, 6.45) is 18.1. The first kappa shape index (κ1) is 26.6. The molecule has 4 fully saturated rings. The molecule has 0 radical (unpaired) electrons. The van der Waals surface area contributed by atoms with E-state index in [0.717, 1.165) is 17.8 Å². The zero-order valence-corrected chi connectivity index (χ0v) is 24.7. The number of ether oxygens (including phenoxy) is 1. The van der Waals surface area contributed by atoms with E-state index in [1.165, 1.54) is 102 Å². The molecule has 0 spiro atoms. The molecule has 0 N–H and O–H groups in total. The van der Waals surface area contributed by atoms with Gasteiger partial charge in [0.1, 0.15) is 0 Å². The molecule has 0 bridgehead atoms. The minimum atomic E-state index is -0.255. The van der Waals surface area contributed by atoms with Crippen LogP contribution in [0.1, 0.15) is 114 Å². The Kier molecular flexibility index (Phi) is 6.85. The van der Waals surface area contributed by atoms with Gasteiger partial charge in [-0.1, -0.05) is 58.7 Å². The highest BCUT2D eigenvalue weighted by Crippen LogP contribution is 2.66. The highest BCUT2D eigenvalue weighted by atomic mass is 16.5. The van der Waals surface area contributed by atoms with Crippen LogP contribution in [0, 0.1) is 40.4 Å². The minimum absolute atomic E-state index is 0.255. The molecule has 3 nitrogen and oxygen atoms in total.